The van der Waals surface area contributed by atoms with Gasteiger partial charge in [0.05, 0.1) is 5.88 Å². The van der Waals surface area contributed by atoms with E-state index in [0.717, 1.165) is 24.5 Å². The molecule has 0 aliphatic rings. The molecular weight excluding hydrogens is 176 g/mol. The van der Waals surface area contributed by atoms with E-state index in [1.54, 1.807) is 0 Å². The van der Waals surface area contributed by atoms with Crippen LogP contribution in [0.25, 0.3) is 0 Å². The van der Waals surface area contributed by atoms with Crippen LogP contribution in [-0.2, 0) is 17.2 Å². The Morgan fingerprint density at radius 3 is 2.75 bits per heavy atom. The number of alkyl halides is 1. The maximum Gasteiger partial charge on any atom is 0.129 e. The molecule has 0 saturated heterocycles. The van der Waals surface area contributed by atoms with Gasteiger partial charge in [-0.25, -0.2) is 0 Å². The molecule has 0 fully saturated rings. The fourth-order valence-corrected chi connectivity index (χ4v) is 1.03. The van der Waals surface area contributed by atoms with E-state index in [2.05, 4.69) is 6.92 Å². The van der Waals surface area contributed by atoms with E-state index in [0.29, 0.717) is 12.5 Å². The third-order valence-corrected chi connectivity index (χ3v) is 1.71. The summed E-state index contributed by atoms with van der Waals surface area (Å²) in [4.78, 5) is 0. The summed E-state index contributed by atoms with van der Waals surface area (Å²) in [5, 5.41) is 0. The van der Waals surface area contributed by atoms with E-state index in [1.807, 2.05) is 12.1 Å². The Bertz CT molecular complexity index is 220. The number of hydrogen-bond acceptors (Lipinski definition) is 2. The summed E-state index contributed by atoms with van der Waals surface area (Å²) in [6.07, 6.45) is 1.03. The third-order valence-electron chi connectivity index (χ3n) is 1.44. The molecule has 0 atom stereocenters. The van der Waals surface area contributed by atoms with Crippen LogP contribution in [0.15, 0.2) is 16.5 Å². The lowest BCUT2D eigenvalue weighted by Crippen LogP contribution is -1.91. The Kier molecular flexibility index (Phi) is 4.19. The zero-order valence-corrected chi connectivity index (χ0v) is 7.93. The van der Waals surface area contributed by atoms with Crippen molar-refractivity contribution in [2.45, 2.75) is 25.8 Å². The molecule has 1 aromatic rings. The van der Waals surface area contributed by atoms with Crippen molar-refractivity contribution in [2.75, 3.05) is 6.61 Å². The Hall–Kier alpha value is -0.470. The maximum absolute atomic E-state index is 5.57. The second-order valence-corrected chi connectivity index (χ2v) is 2.82. The van der Waals surface area contributed by atoms with Crippen LogP contribution in [0.3, 0.4) is 0 Å². The molecule has 0 N–H and O–H groups in total. The molecule has 1 rings (SSSR count). The van der Waals surface area contributed by atoms with E-state index in [9.17, 15) is 0 Å². The van der Waals surface area contributed by atoms with Gasteiger partial charge in [0.2, 0.25) is 0 Å². The molecule has 68 valence electrons. The van der Waals surface area contributed by atoms with E-state index in [4.69, 9.17) is 20.8 Å². The first-order chi connectivity index (χ1) is 5.86. The summed E-state index contributed by atoms with van der Waals surface area (Å²) in [5.74, 6) is 2.07. The third kappa shape index (κ3) is 2.88. The normalized spacial score (nSPS) is 10.5. The Morgan fingerprint density at radius 2 is 2.17 bits per heavy atom. The summed E-state index contributed by atoms with van der Waals surface area (Å²) < 4.78 is 10.6. The SMILES string of the molecule is CCCOCc1ccc(CCl)o1. The van der Waals surface area contributed by atoms with Crippen molar-refractivity contribution < 1.29 is 9.15 Å². The molecule has 0 radical (unpaired) electrons. The van der Waals surface area contributed by atoms with Gasteiger partial charge in [0, 0.05) is 6.61 Å². The number of hydrogen-bond donors (Lipinski definition) is 0. The molecule has 0 saturated carbocycles. The zero-order valence-electron chi connectivity index (χ0n) is 7.18. The van der Waals surface area contributed by atoms with Crippen molar-refractivity contribution in [2.24, 2.45) is 0 Å². The molecule has 2 nitrogen and oxygen atoms in total. The van der Waals surface area contributed by atoms with Gasteiger partial charge in [0.25, 0.3) is 0 Å². The largest absolute Gasteiger partial charge is 0.462 e. The van der Waals surface area contributed by atoms with Crippen LogP contribution in [0.1, 0.15) is 24.9 Å². The van der Waals surface area contributed by atoms with E-state index in [1.165, 1.54) is 0 Å². The van der Waals surface area contributed by atoms with Crippen LogP contribution in [0.2, 0.25) is 0 Å². The summed E-state index contributed by atoms with van der Waals surface area (Å²) >= 11 is 5.57. The van der Waals surface area contributed by atoms with Crippen molar-refractivity contribution in [3.63, 3.8) is 0 Å². The lowest BCUT2D eigenvalue weighted by molar-refractivity contribution is 0.106. The first-order valence-corrected chi connectivity index (χ1v) is 4.61. The molecule has 3 heteroatoms. The first kappa shape index (κ1) is 9.62. The summed E-state index contributed by atoms with van der Waals surface area (Å²) in [6, 6.07) is 3.77. The lowest BCUT2D eigenvalue weighted by atomic mass is 10.4. The average Bonchev–Trinajstić information content (AvgIpc) is 2.53. The van der Waals surface area contributed by atoms with Crippen LogP contribution < -0.4 is 0 Å². The molecule has 0 bridgehead atoms. The average molecular weight is 189 g/mol. The molecule has 12 heavy (non-hydrogen) atoms. The standard InChI is InChI=1S/C9H13ClO2/c1-2-5-11-7-9-4-3-8(6-10)12-9/h3-4H,2,5-7H2,1H3. The number of rotatable bonds is 5. The molecule has 0 aliphatic heterocycles. The van der Waals surface area contributed by atoms with E-state index < -0.39 is 0 Å². The Labute approximate surface area is 77.5 Å². The van der Waals surface area contributed by atoms with Crippen LogP contribution >= 0.6 is 11.6 Å². The molecule has 0 amide bonds. The van der Waals surface area contributed by atoms with Crippen molar-refractivity contribution in [3.05, 3.63) is 23.7 Å². The molecule has 1 aromatic heterocycles. The van der Waals surface area contributed by atoms with Gasteiger partial charge in [0.15, 0.2) is 0 Å². The van der Waals surface area contributed by atoms with Gasteiger partial charge in [-0.1, -0.05) is 6.92 Å². The highest BCUT2D eigenvalue weighted by atomic mass is 35.5. The van der Waals surface area contributed by atoms with Gasteiger partial charge in [0.1, 0.15) is 18.1 Å². The van der Waals surface area contributed by atoms with Crippen molar-refractivity contribution in [1.29, 1.82) is 0 Å². The van der Waals surface area contributed by atoms with Crippen molar-refractivity contribution in [3.8, 4) is 0 Å². The predicted octanol–water partition coefficient (Wildman–Crippen LogP) is 2.95. The minimum atomic E-state index is 0.424. The zero-order chi connectivity index (χ0) is 8.81. The smallest absolute Gasteiger partial charge is 0.129 e. The van der Waals surface area contributed by atoms with Crippen LogP contribution in [-0.4, -0.2) is 6.61 Å². The van der Waals surface area contributed by atoms with Gasteiger partial charge in [-0.2, -0.15) is 0 Å². The highest BCUT2D eigenvalue weighted by Gasteiger charge is 1.99. The summed E-state index contributed by atoms with van der Waals surface area (Å²) in [5.41, 5.74) is 0. The number of halogens is 1. The number of ether oxygens (including phenoxy) is 1. The first-order valence-electron chi connectivity index (χ1n) is 4.08. The lowest BCUT2D eigenvalue weighted by Gasteiger charge is -1.97. The van der Waals surface area contributed by atoms with Crippen molar-refractivity contribution >= 4 is 11.6 Å². The van der Waals surface area contributed by atoms with Gasteiger partial charge in [-0.15, -0.1) is 11.6 Å². The van der Waals surface area contributed by atoms with Crippen LogP contribution in [0, 0.1) is 0 Å². The monoisotopic (exact) mass is 188 g/mol. The fourth-order valence-electron chi connectivity index (χ4n) is 0.889. The van der Waals surface area contributed by atoms with Gasteiger partial charge >= 0.3 is 0 Å². The Morgan fingerprint density at radius 1 is 1.42 bits per heavy atom. The highest BCUT2D eigenvalue weighted by Crippen LogP contribution is 2.10. The fraction of sp³-hybridized carbons (Fsp3) is 0.556. The molecule has 0 aliphatic carbocycles. The molecular formula is C9H13ClO2. The minimum absolute atomic E-state index is 0.424. The summed E-state index contributed by atoms with van der Waals surface area (Å²) in [6.45, 7) is 3.40. The maximum atomic E-state index is 5.57. The molecule has 1 heterocycles. The van der Waals surface area contributed by atoms with Crippen LogP contribution in [0.5, 0.6) is 0 Å². The topological polar surface area (TPSA) is 22.4 Å². The quantitative estimate of drug-likeness (QED) is 0.524. The molecule has 0 unspecified atom stereocenters. The van der Waals surface area contributed by atoms with Gasteiger partial charge in [-0.3, -0.25) is 0 Å². The molecule has 0 aromatic carbocycles. The molecule has 0 spiro atoms. The van der Waals surface area contributed by atoms with Gasteiger partial charge in [-0.05, 0) is 18.6 Å². The van der Waals surface area contributed by atoms with Gasteiger partial charge < -0.3 is 9.15 Å². The second kappa shape index (κ2) is 5.22. The van der Waals surface area contributed by atoms with Crippen LogP contribution in [0.4, 0.5) is 0 Å². The number of furan rings is 1. The highest BCUT2D eigenvalue weighted by molar-refractivity contribution is 6.16. The van der Waals surface area contributed by atoms with Crippen molar-refractivity contribution in [1.82, 2.24) is 0 Å². The summed E-state index contributed by atoms with van der Waals surface area (Å²) in [7, 11) is 0. The Balaban J connectivity index is 2.31. The van der Waals surface area contributed by atoms with E-state index >= 15 is 0 Å². The second-order valence-electron chi connectivity index (χ2n) is 2.55. The van der Waals surface area contributed by atoms with E-state index in [-0.39, 0.29) is 0 Å². The predicted molar refractivity (Wildman–Crippen MR) is 48.2 cm³/mol. The minimum Gasteiger partial charge on any atom is -0.462 e.